The first-order valence-corrected chi connectivity index (χ1v) is 5.65. The molecule has 1 fully saturated rings. The first-order chi connectivity index (χ1) is 7.03. The molecule has 0 amide bonds. The van der Waals surface area contributed by atoms with E-state index in [0.717, 1.165) is 17.8 Å². The highest BCUT2D eigenvalue weighted by Gasteiger charge is 2.36. The van der Waals surface area contributed by atoms with Gasteiger partial charge in [0.2, 0.25) is 0 Å². The molecule has 1 unspecified atom stereocenters. The number of hydrazine groups is 1. The van der Waals surface area contributed by atoms with Gasteiger partial charge < -0.3 is 5.43 Å². The Kier molecular flexibility index (Phi) is 2.47. The van der Waals surface area contributed by atoms with Crippen LogP contribution in [0, 0.1) is 0 Å². The molecule has 1 atom stereocenters. The van der Waals surface area contributed by atoms with Crippen molar-refractivity contribution >= 4 is 0 Å². The number of nitrogens with one attached hydrogen (secondary N) is 1. The van der Waals surface area contributed by atoms with Crippen LogP contribution in [0.25, 0.3) is 0 Å². The Labute approximate surface area is 92.3 Å². The number of fused-ring (bicyclic) bond motifs is 1. The van der Waals surface area contributed by atoms with Crippen molar-refractivity contribution in [3.8, 4) is 0 Å². The van der Waals surface area contributed by atoms with Crippen molar-refractivity contribution < 1.29 is 0 Å². The number of piperidine rings is 1. The Bertz CT molecular complexity index is 340. The topological polar surface area (TPSA) is 15.3 Å². The quantitative estimate of drug-likeness (QED) is 0.706. The largest absolute Gasteiger partial charge is 0.318 e. The van der Waals surface area contributed by atoms with Crippen molar-refractivity contribution in [1.29, 1.82) is 0 Å². The summed E-state index contributed by atoms with van der Waals surface area (Å²) in [6.45, 7) is 13.5. The van der Waals surface area contributed by atoms with E-state index in [4.69, 9.17) is 0 Å². The molecule has 0 aromatic carbocycles. The van der Waals surface area contributed by atoms with Crippen LogP contribution in [-0.2, 0) is 0 Å². The van der Waals surface area contributed by atoms with Crippen LogP contribution in [0.2, 0.25) is 0 Å². The molecule has 2 nitrogen and oxygen atoms in total. The van der Waals surface area contributed by atoms with Crippen molar-refractivity contribution in [3.05, 3.63) is 36.1 Å². The number of hydrogen-bond acceptors (Lipinski definition) is 2. The normalized spacial score (nSPS) is 31.6. The SMILES string of the molecule is C=C(C)C1=CC2(C)CCCCN2NC1=C. The second-order valence-electron chi connectivity index (χ2n) is 4.89. The first-order valence-electron chi connectivity index (χ1n) is 5.65. The minimum atomic E-state index is 0.147. The van der Waals surface area contributed by atoms with Gasteiger partial charge in [0.05, 0.1) is 5.54 Å². The molecule has 0 aromatic heterocycles. The van der Waals surface area contributed by atoms with Gasteiger partial charge in [0.1, 0.15) is 0 Å². The molecule has 2 heteroatoms. The van der Waals surface area contributed by atoms with Crippen molar-refractivity contribution in [2.24, 2.45) is 0 Å². The average Bonchev–Trinajstić information content (AvgIpc) is 2.17. The van der Waals surface area contributed by atoms with Crippen molar-refractivity contribution in [3.63, 3.8) is 0 Å². The Morgan fingerprint density at radius 2 is 2.27 bits per heavy atom. The Morgan fingerprint density at radius 1 is 1.53 bits per heavy atom. The third kappa shape index (κ3) is 1.74. The molecule has 2 aliphatic rings. The Morgan fingerprint density at radius 3 is 2.93 bits per heavy atom. The summed E-state index contributed by atoms with van der Waals surface area (Å²) in [7, 11) is 0. The number of hydrogen-bond donors (Lipinski definition) is 1. The van der Waals surface area contributed by atoms with Gasteiger partial charge in [0.25, 0.3) is 0 Å². The van der Waals surface area contributed by atoms with Crippen LogP contribution in [-0.4, -0.2) is 17.1 Å². The number of nitrogens with zero attached hydrogens (tertiary/aromatic N) is 1. The molecule has 0 aliphatic carbocycles. The summed E-state index contributed by atoms with van der Waals surface area (Å²) >= 11 is 0. The van der Waals surface area contributed by atoms with Gasteiger partial charge in [-0.25, -0.2) is 5.01 Å². The summed E-state index contributed by atoms with van der Waals surface area (Å²) < 4.78 is 0. The highest BCUT2D eigenvalue weighted by Crippen LogP contribution is 2.34. The smallest absolute Gasteiger partial charge is 0.0562 e. The van der Waals surface area contributed by atoms with Crippen LogP contribution in [0.1, 0.15) is 33.1 Å². The van der Waals surface area contributed by atoms with Gasteiger partial charge in [-0.2, -0.15) is 0 Å². The molecule has 1 N–H and O–H groups in total. The fourth-order valence-corrected chi connectivity index (χ4v) is 2.48. The van der Waals surface area contributed by atoms with E-state index >= 15 is 0 Å². The maximum absolute atomic E-state index is 4.06. The van der Waals surface area contributed by atoms with E-state index in [1.807, 2.05) is 6.92 Å². The zero-order valence-electron chi connectivity index (χ0n) is 9.77. The monoisotopic (exact) mass is 204 g/mol. The van der Waals surface area contributed by atoms with Gasteiger partial charge in [0.15, 0.2) is 0 Å². The molecule has 0 aromatic rings. The summed E-state index contributed by atoms with van der Waals surface area (Å²) in [5, 5.41) is 2.31. The van der Waals surface area contributed by atoms with Crippen molar-refractivity contribution in [2.75, 3.05) is 6.54 Å². The lowest BCUT2D eigenvalue weighted by atomic mass is 9.84. The average molecular weight is 204 g/mol. The second kappa shape index (κ2) is 3.53. The van der Waals surface area contributed by atoms with Crippen LogP contribution in [0.15, 0.2) is 36.1 Å². The summed E-state index contributed by atoms with van der Waals surface area (Å²) in [5.74, 6) is 0. The predicted molar refractivity (Wildman–Crippen MR) is 64.1 cm³/mol. The number of allylic oxidation sites excluding steroid dienone is 1. The minimum Gasteiger partial charge on any atom is -0.318 e. The third-order valence-electron chi connectivity index (χ3n) is 3.44. The molecule has 0 saturated carbocycles. The molecular weight excluding hydrogens is 184 g/mol. The fraction of sp³-hybridized carbons (Fsp3) is 0.538. The van der Waals surface area contributed by atoms with Gasteiger partial charge in [-0.05, 0) is 44.3 Å². The zero-order chi connectivity index (χ0) is 11.1. The van der Waals surface area contributed by atoms with Gasteiger partial charge in [-0.1, -0.05) is 19.2 Å². The lowest BCUT2D eigenvalue weighted by Crippen LogP contribution is -2.57. The van der Waals surface area contributed by atoms with E-state index in [2.05, 4.69) is 36.6 Å². The molecule has 0 spiro atoms. The second-order valence-corrected chi connectivity index (χ2v) is 4.89. The van der Waals surface area contributed by atoms with Crippen LogP contribution < -0.4 is 5.43 Å². The molecule has 15 heavy (non-hydrogen) atoms. The van der Waals surface area contributed by atoms with Gasteiger partial charge in [0, 0.05) is 12.2 Å². The van der Waals surface area contributed by atoms with Crippen LogP contribution >= 0.6 is 0 Å². The standard InChI is InChI=1S/C13H20N2/c1-10(2)12-9-13(4)7-5-6-8-15(13)14-11(12)3/h9,14H,1,3,5-8H2,2,4H3. The van der Waals surface area contributed by atoms with E-state index in [1.165, 1.54) is 24.8 Å². The summed E-state index contributed by atoms with van der Waals surface area (Å²) in [6, 6.07) is 0. The Hall–Kier alpha value is -1.02. The lowest BCUT2D eigenvalue weighted by Gasteiger charge is -2.47. The predicted octanol–water partition coefficient (Wildman–Crippen LogP) is 2.77. The maximum Gasteiger partial charge on any atom is 0.0562 e. The molecule has 0 bridgehead atoms. The highest BCUT2D eigenvalue weighted by atomic mass is 15.5. The van der Waals surface area contributed by atoms with Crippen LogP contribution in [0.3, 0.4) is 0 Å². The van der Waals surface area contributed by atoms with E-state index in [9.17, 15) is 0 Å². The van der Waals surface area contributed by atoms with E-state index in [0.29, 0.717) is 0 Å². The highest BCUT2D eigenvalue weighted by molar-refractivity contribution is 5.45. The fourth-order valence-electron chi connectivity index (χ4n) is 2.48. The maximum atomic E-state index is 4.06. The summed E-state index contributed by atoms with van der Waals surface area (Å²) in [4.78, 5) is 0. The van der Waals surface area contributed by atoms with Crippen molar-refractivity contribution in [1.82, 2.24) is 10.4 Å². The molecule has 2 aliphatic heterocycles. The molecule has 2 heterocycles. The first kappa shape index (κ1) is 10.5. The summed E-state index contributed by atoms with van der Waals surface area (Å²) in [5.41, 5.74) is 6.82. The molecule has 82 valence electrons. The van der Waals surface area contributed by atoms with E-state index in [1.54, 1.807) is 0 Å². The molecule has 2 rings (SSSR count). The molecular formula is C13H20N2. The minimum absolute atomic E-state index is 0.147. The third-order valence-corrected chi connectivity index (χ3v) is 3.44. The summed E-state index contributed by atoms with van der Waals surface area (Å²) in [6.07, 6.45) is 6.12. The zero-order valence-corrected chi connectivity index (χ0v) is 9.77. The van der Waals surface area contributed by atoms with Crippen LogP contribution in [0.4, 0.5) is 0 Å². The van der Waals surface area contributed by atoms with Crippen molar-refractivity contribution in [2.45, 2.75) is 38.6 Å². The lowest BCUT2D eigenvalue weighted by molar-refractivity contribution is 0.0523. The molecule has 1 saturated heterocycles. The number of rotatable bonds is 1. The van der Waals surface area contributed by atoms with Gasteiger partial charge in [-0.3, -0.25) is 0 Å². The van der Waals surface area contributed by atoms with Gasteiger partial charge >= 0.3 is 0 Å². The van der Waals surface area contributed by atoms with Gasteiger partial charge in [-0.15, -0.1) is 0 Å². The van der Waals surface area contributed by atoms with Crippen LogP contribution in [0.5, 0.6) is 0 Å². The van der Waals surface area contributed by atoms with E-state index in [-0.39, 0.29) is 5.54 Å². The van der Waals surface area contributed by atoms with E-state index < -0.39 is 0 Å². The Balaban J connectivity index is 2.36. The molecule has 0 radical (unpaired) electrons.